The lowest BCUT2D eigenvalue weighted by Gasteiger charge is -2.22. The van der Waals surface area contributed by atoms with E-state index in [1.54, 1.807) is 11.0 Å². The number of likely N-dealkylation sites (tertiary alicyclic amines) is 1. The minimum Gasteiger partial charge on any atom is -0.480 e. The molecule has 0 saturated carbocycles. The highest BCUT2D eigenvalue weighted by atomic mass is 19.3. The number of aliphatic carboxylic acids is 1. The van der Waals surface area contributed by atoms with E-state index in [1.807, 2.05) is 62.4 Å². The van der Waals surface area contributed by atoms with Crippen molar-refractivity contribution in [3.8, 4) is 45.9 Å². The number of alkyl halides is 2. The zero-order chi connectivity index (χ0) is 39.7. The number of carbonyl (C=O) groups is 1. The molecule has 0 amide bonds. The van der Waals surface area contributed by atoms with E-state index in [4.69, 9.17) is 23.5 Å². The first kappa shape index (κ1) is 38.6. The summed E-state index contributed by atoms with van der Waals surface area (Å²) in [5.74, 6) is -0.299. The third-order valence-electron chi connectivity index (χ3n) is 10.5. The Bertz CT molecular complexity index is 2450. The lowest BCUT2D eigenvalue weighted by Crippen LogP contribution is -2.35. The third kappa shape index (κ3) is 8.00. The van der Waals surface area contributed by atoms with Crippen molar-refractivity contribution in [2.24, 2.45) is 0 Å². The predicted octanol–water partition coefficient (Wildman–Crippen LogP) is 8.49. The summed E-state index contributed by atoms with van der Waals surface area (Å²) in [6.45, 7) is 4.16. The van der Waals surface area contributed by atoms with Crippen LogP contribution in [0.3, 0.4) is 0 Å². The first-order valence-corrected chi connectivity index (χ1v) is 18.6. The quantitative estimate of drug-likeness (QED) is 0.115. The van der Waals surface area contributed by atoms with Gasteiger partial charge in [-0.3, -0.25) is 9.69 Å². The number of aromatic nitrogens is 2. The number of halogens is 2. The van der Waals surface area contributed by atoms with Crippen LogP contribution in [0.4, 0.5) is 8.78 Å². The van der Waals surface area contributed by atoms with Crippen LogP contribution in [0.2, 0.25) is 0 Å². The third-order valence-corrected chi connectivity index (χ3v) is 10.5. The van der Waals surface area contributed by atoms with E-state index in [0.717, 1.165) is 52.9 Å². The van der Waals surface area contributed by atoms with Crippen molar-refractivity contribution >= 4 is 28.2 Å². The standard InChI is InChI=1S/C43H44F2N6O5/c1-25-30(10-6-12-32(25)40-47-34-20-29(24-51-17-8-14-36(51)42(52)53)37(55-43(44)45)21-38(34)54-40)31-11-7-13-33(26(31)2)41-48-35-19-27(18-28(22-46)39(35)56-41)23-50(5)16-9-15-49(3)4/h6-7,10-13,18-21,36,43H,8-9,14-17,23-24H2,1-5H3,(H,52,53)/t36-/m0/s1. The number of nitrogens with zero attached hydrogens (tertiary/aromatic N) is 6. The molecule has 56 heavy (non-hydrogen) atoms. The topological polar surface area (TPSA) is 132 Å². The van der Waals surface area contributed by atoms with Gasteiger partial charge in [-0.25, -0.2) is 9.97 Å². The minimum atomic E-state index is -3.07. The van der Waals surface area contributed by atoms with Gasteiger partial charge in [0.1, 0.15) is 28.9 Å². The van der Waals surface area contributed by atoms with Crippen molar-refractivity contribution in [1.82, 2.24) is 24.7 Å². The van der Waals surface area contributed by atoms with Crippen LogP contribution in [0.1, 0.15) is 47.1 Å². The van der Waals surface area contributed by atoms with Crippen molar-refractivity contribution in [3.05, 3.63) is 88.5 Å². The number of hydrogen-bond acceptors (Lipinski definition) is 10. The second-order valence-electron chi connectivity index (χ2n) is 14.8. The first-order valence-electron chi connectivity index (χ1n) is 18.6. The lowest BCUT2D eigenvalue weighted by molar-refractivity contribution is -0.142. The summed E-state index contributed by atoms with van der Waals surface area (Å²) < 4.78 is 44.4. The highest BCUT2D eigenvalue weighted by molar-refractivity contribution is 5.86. The van der Waals surface area contributed by atoms with Gasteiger partial charge >= 0.3 is 12.6 Å². The van der Waals surface area contributed by atoms with E-state index in [1.165, 1.54) is 6.07 Å². The number of carboxylic acid groups (broad SMARTS) is 1. The highest BCUT2D eigenvalue weighted by Gasteiger charge is 2.31. The zero-order valence-corrected chi connectivity index (χ0v) is 32.1. The molecule has 11 nitrogen and oxygen atoms in total. The molecule has 1 aliphatic rings. The summed E-state index contributed by atoms with van der Waals surface area (Å²) in [6, 6.07) is 20.2. The molecule has 0 aliphatic carbocycles. The molecule has 2 aromatic heterocycles. The van der Waals surface area contributed by atoms with Crippen LogP contribution in [-0.4, -0.2) is 89.2 Å². The molecular formula is C43H44F2N6O5. The van der Waals surface area contributed by atoms with Gasteiger partial charge < -0.3 is 28.5 Å². The maximum atomic E-state index is 13.5. The van der Waals surface area contributed by atoms with Gasteiger partial charge in [0.2, 0.25) is 11.8 Å². The van der Waals surface area contributed by atoms with E-state index in [9.17, 15) is 23.9 Å². The monoisotopic (exact) mass is 762 g/mol. The molecule has 7 rings (SSSR count). The Balaban J connectivity index is 1.20. The van der Waals surface area contributed by atoms with E-state index in [2.05, 4.69) is 37.0 Å². The Morgan fingerprint density at radius 1 is 0.964 bits per heavy atom. The molecule has 0 unspecified atom stereocenters. The second-order valence-corrected chi connectivity index (χ2v) is 14.8. The fourth-order valence-electron chi connectivity index (χ4n) is 7.70. The lowest BCUT2D eigenvalue weighted by atomic mass is 9.91. The molecule has 1 N–H and O–H groups in total. The van der Waals surface area contributed by atoms with E-state index >= 15 is 0 Å². The highest BCUT2D eigenvalue weighted by Crippen LogP contribution is 2.39. The number of nitriles is 1. The van der Waals surface area contributed by atoms with Gasteiger partial charge in [-0.15, -0.1) is 0 Å². The summed E-state index contributed by atoms with van der Waals surface area (Å²) in [6.07, 6.45) is 2.22. The van der Waals surface area contributed by atoms with Crippen molar-refractivity contribution in [1.29, 1.82) is 5.26 Å². The van der Waals surface area contributed by atoms with Crippen molar-refractivity contribution in [2.45, 2.75) is 58.9 Å². The van der Waals surface area contributed by atoms with Crippen LogP contribution in [-0.2, 0) is 17.9 Å². The molecule has 0 bridgehead atoms. The summed E-state index contributed by atoms with van der Waals surface area (Å²) >= 11 is 0. The predicted molar refractivity (Wildman–Crippen MR) is 209 cm³/mol. The Morgan fingerprint density at radius 2 is 1.62 bits per heavy atom. The van der Waals surface area contributed by atoms with Crippen LogP contribution in [0.5, 0.6) is 5.75 Å². The normalized spacial score (nSPS) is 14.8. The summed E-state index contributed by atoms with van der Waals surface area (Å²) in [7, 11) is 6.20. The zero-order valence-electron chi connectivity index (χ0n) is 32.1. The number of rotatable bonds is 14. The molecule has 13 heteroatoms. The molecule has 1 aliphatic heterocycles. The molecule has 3 heterocycles. The molecule has 1 fully saturated rings. The fourth-order valence-corrected chi connectivity index (χ4v) is 7.70. The molecule has 1 saturated heterocycles. The number of ether oxygens (including phenoxy) is 1. The number of benzene rings is 4. The summed E-state index contributed by atoms with van der Waals surface area (Å²) in [5, 5.41) is 19.7. The molecule has 0 radical (unpaired) electrons. The fraction of sp³-hybridized carbons (Fsp3) is 0.349. The SMILES string of the molecule is Cc1c(-c2nc3cc(CN4CCC[C@H]4C(=O)O)c(OC(F)F)cc3o2)cccc1-c1cccc(-c2nc3cc(CN(C)CCCN(C)C)cc(C#N)c3o2)c1C. The van der Waals surface area contributed by atoms with Gasteiger partial charge in [-0.05, 0) is 132 Å². The van der Waals surface area contributed by atoms with Gasteiger partial charge in [0.25, 0.3) is 0 Å². The van der Waals surface area contributed by atoms with Crippen LogP contribution in [0, 0.1) is 25.2 Å². The Labute approximate surface area is 323 Å². The average Bonchev–Trinajstić information content (AvgIpc) is 3.90. The molecular weight excluding hydrogens is 719 g/mol. The van der Waals surface area contributed by atoms with Gasteiger partial charge in [-0.2, -0.15) is 14.0 Å². The Kier molecular flexibility index (Phi) is 11.2. The largest absolute Gasteiger partial charge is 0.480 e. The molecule has 6 aromatic rings. The van der Waals surface area contributed by atoms with Crippen molar-refractivity contribution < 1.29 is 32.3 Å². The smallest absolute Gasteiger partial charge is 0.387 e. The van der Waals surface area contributed by atoms with Crippen LogP contribution in [0.15, 0.2) is 69.5 Å². The van der Waals surface area contributed by atoms with Crippen LogP contribution < -0.4 is 4.74 Å². The van der Waals surface area contributed by atoms with Crippen molar-refractivity contribution in [2.75, 3.05) is 40.8 Å². The number of fused-ring (bicyclic) bond motifs is 2. The molecule has 0 spiro atoms. The van der Waals surface area contributed by atoms with Crippen LogP contribution in [0.25, 0.3) is 56.2 Å². The van der Waals surface area contributed by atoms with E-state index in [-0.39, 0.29) is 17.9 Å². The molecule has 4 aromatic carbocycles. The van der Waals surface area contributed by atoms with E-state index < -0.39 is 18.6 Å². The van der Waals surface area contributed by atoms with Gasteiger partial charge in [0, 0.05) is 35.8 Å². The number of carboxylic acids is 1. The van der Waals surface area contributed by atoms with Crippen molar-refractivity contribution in [3.63, 3.8) is 0 Å². The van der Waals surface area contributed by atoms with Gasteiger partial charge in [0.15, 0.2) is 11.2 Å². The Hall–Kier alpha value is -5.68. The van der Waals surface area contributed by atoms with Gasteiger partial charge in [0.05, 0.1) is 5.56 Å². The molecule has 1 atom stereocenters. The second kappa shape index (κ2) is 16.2. The number of hydrogen-bond donors (Lipinski definition) is 1. The Morgan fingerprint density at radius 3 is 2.27 bits per heavy atom. The summed E-state index contributed by atoms with van der Waals surface area (Å²) in [4.78, 5) is 27.6. The first-order chi connectivity index (χ1) is 26.9. The van der Waals surface area contributed by atoms with Gasteiger partial charge in [-0.1, -0.05) is 24.3 Å². The maximum Gasteiger partial charge on any atom is 0.387 e. The average molecular weight is 763 g/mol. The minimum absolute atomic E-state index is 0.0792. The number of oxazole rings is 2. The van der Waals surface area contributed by atoms with E-state index in [0.29, 0.717) is 71.0 Å². The maximum absolute atomic E-state index is 13.5. The molecule has 290 valence electrons. The van der Waals surface area contributed by atoms with Crippen LogP contribution >= 0.6 is 0 Å². The summed E-state index contributed by atoms with van der Waals surface area (Å²) in [5.41, 5.74) is 8.81.